The van der Waals surface area contributed by atoms with E-state index >= 15 is 0 Å². The minimum atomic E-state index is -1.73. The quantitative estimate of drug-likeness (QED) is 0.549. The summed E-state index contributed by atoms with van der Waals surface area (Å²) in [4.78, 5) is 12.1. The maximum absolute atomic E-state index is 12.1. The third-order valence-electron chi connectivity index (χ3n) is 3.28. The highest BCUT2D eigenvalue weighted by molar-refractivity contribution is 6.69. The standard InChI is InChI=1S/C12H20O3Si/c1-8-10-6-7-12(14-10,9(2)11(8)13)15-16(3,4)5/h6-10H,1-5H3/t8-,9-,10+,12-/m0/s1. The summed E-state index contributed by atoms with van der Waals surface area (Å²) in [7, 11) is -1.73. The minimum Gasteiger partial charge on any atom is -0.387 e. The molecule has 16 heavy (non-hydrogen) atoms. The van der Waals surface area contributed by atoms with Crippen LogP contribution < -0.4 is 0 Å². The van der Waals surface area contributed by atoms with Gasteiger partial charge in [-0.3, -0.25) is 4.79 Å². The van der Waals surface area contributed by atoms with E-state index in [2.05, 4.69) is 19.6 Å². The van der Waals surface area contributed by atoms with Gasteiger partial charge in [0, 0.05) is 5.92 Å². The molecule has 0 N–H and O–H groups in total. The van der Waals surface area contributed by atoms with Gasteiger partial charge in [0.05, 0.1) is 12.0 Å². The molecule has 0 aromatic rings. The second-order valence-corrected chi connectivity index (χ2v) is 10.2. The van der Waals surface area contributed by atoms with Crippen LogP contribution in [0.2, 0.25) is 19.6 Å². The Morgan fingerprint density at radius 1 is 1.38 bits per heavy atom. The fourth-order valence-corrected chi connectivity index (χ4v) is 3.66. The van der Waals surface area contributed by atoms with Crippen molar-refractivity contribution < 1.29 is 14.0 Å². The molecular formula is C12H20O3Si. The zero-order valence-corrected chi connectivity index (χ0v) is 11.6. The summed E-state index contributed by atoms with van der Waals surface area (Å²) in [5.41, 5.74) is 0. The smallest absolute Gasteiger partial charge is 0.189 e. The zero-order chi connectivity index (χ0) is 12.1. The van der Waals surface area contributed by atoms with Crippen LogP contribution in [0.4, 0.5) is 0 Å². The second-order valence-electron chi connectivity index (χ2n) is 5.79. The molecule has 90 valence electrons. The van der Waals surface area contributed by atoms with Gasteiger partial charge < -0.3 is 9.16 Å². The Labute approximate surface area is 97.9 Å². The molecule has 0 unspecified atom stereocenters. The molecule has 2 aliphatic heterocycles. The molecule has 0 aliphatic carbocycles. The van der Waals surface area contributed by atoms with Gasteiger partial charge in [0.25, 0.3) is 0 Å². The van der Waals surface area contributed by atoms with Crippen LogP contribution in [0.3, 0.4) is 0 Å². The summed E-state index contributed by atoms with van der Waals surface area (Å²) in [5.74, 6) is -0.783. The molecule has 0 saturated carbocycles. The molecule has 0 amide bonds. The van der Waals surface area contributed by atoms with Crippen molar-refractivity contribution in [2.75, 3.05) is 0 Å². The summed E-state index contributed by atoms with van der Waals surface area (Å²) in [6.07, 6.45) is 3.83. The fourth-order valence-electron chi connectivity index (χ4n) is 2.41. The fraction of sp³-hybridized carbons (Fsp3) is 0.750. The summed E-state index contributed by atoms with van der Waals surface area (Å²) < 4.78 is 12.0. The van der Waals surface area contributed by atoms with Crippen LogP contribution in [0.15, 0.2) is 12.2 Å². The summed E-state index contributed by atoms with van der Waals surface area (Å²) in [6, 6.07) is 0. The van der Waals surface area contributed by atoms with E-state index in [0.717, 1.165) is 0 Å². The number of fused-ring (bicyclic) bond motifs is 2. The molecule has 2 bridgehead atoms. The third kappa shape index (κ3) is 1.79. The van der Waals surface area contributed by atoms with Gasteiger partial charge in [-0.15, -0.1) is 0 Å². The van der Waals surface area contributed by atoms with Crippen molar-refractivity contribution in [2.24, 2.45) is 11.8 Å². The maximum Gasteiger partial charge on any atom is 0.189 e. The molecule has 1 saturated heterocycles. The lowest BCUT2D eigenvalue weighted by Crippen LogP contribution is -2.55. The Balaban J connectivity index is 2.29. The predicted octanol–water partition coefficient (Wildman–Crippen LogP) is 2.34. The van der Waals surface area contributed by atoms with Gasteiger partial charge in [0.2, 0.25) is 0 Å². The van der Waals surface area contributed by atoms with Crippen LogP contribution in [0.5, 0.6) is 0 Å². The number of rotatable bonds is 2. The molecule has 3 nitrogen and oxygen atoms in total. The highest BCUT2D eigenvalue weighted by Crippen LogP contribution is 2.43. The number of hydrogen-bond donors (Lipinski definition) is 0. The Kier molecular flexibility index (Phi) is 2.64. The Hall–Kier alpha value is -0.453. The molecule has 4 atom stereocenters. The first-order valence-corrected chi connectivity index (χ1v) is 9.27. The van der Waals surface area contributed by atoms with Crippen LogP contribution in [0.25, 0.3) is 0 Å². The molecular weight excluding hydrogens is 220 g/mol. The van der Waals surface area contributed by atoms with Crippen LogP contribution in [0, 0.1) is 11.8 Å². The van der Waals surface area contributed by atoms with E-state index in [1.165, 1.54) is 0 Å². The van der Waals surface area contributed by atoms with Gasteiger partial charge in [0.15, 0.2) is 14.1 Å². The molecule has 4 heteroatoms. The Morgan fingerprint density at radius 3 is 2.56 bits per heavy atom. The number of carbonyl (C=O) groups excluding carboxylic acids is 1. The molecule has 2 rings (SSSR count). The summed E-state index contributed by atoms with van der Waals surface area (Å²) in [6.45, 7) is 10.2. The zero-order valence-electron chi connectivity index (χ0n) is 10.6. The number of ketones is 1. The van der Waals surface area contributed by atoms with E-state index < -0.39 is 14.1 Å². The first-order chi connectivity index (χ1) is 7.25. The van der Waals surface area contributed by atoms with E-state index in [-0.39, 0.29) is 23.7 Å². The van der Waals surface area contributed by atoms with Gasteiger partial charge in [-0.25, -0.2) is 0 Å². The average Bonchev–Trinajstić information content (AvgIpc) is 2.53. The molecule has 1 fully saturated rings. The van der Waals surface area contributed by atoms with Gasteiger partial charge in [-0.1, -0.05) is 13.0 Å². The molecule has 0 aromatic carbocycles. The lowest BCUT2D eigenvalue weighted by atomic mass is 9.86. The number of ether oxygens (including phenoxy) is 1. The van der Waals surface area contributed by atoms with Crippen LogP contribution in [0.1, 0.15) is 13.8 Å². The van der Waals surface area contributed by atoms with Crippen molar-refractivity contribution in [3.05, 3.63) is 12.2 Å². The lowest BCUT2D eigenvalue weighted by molar-refractivity contribution is -0.218. The van der Waals surface area contributed by atoms with Crippen LogP contribution in [-0.4, -0.2) is 26.0 Å². The molecule has 0 aromatic heterocycles. The largest absolute Gasteiger partial charge is 0.387 e. The maximum atomic E-state index is 12.1. The lowest BCUT2D eigenvalue weighted by Gasteiger charge is -2.43. The van der Waals surface area contributed by atoms with Crippen molar-refractivity contribution >= 4 is 14.1 Å². The van der Waals surface area contributed by atoms with Gasteiger partial charge in [-0.2, -0.15) is 0 Å². The second kappa shape index (κ2) is 3.52. The number of carbonyl (C=O) groups is 1. The first-order valence-electron chi connectivity index (χ1n) is 5.86. The van der Waals surface area contributed by atoms with Crippen LogP contribution >= 0.6 is 0 Å². The van der Waals surface area contributed by atoms with Gasteiger partial charge in [-0.05, 0) is 32.6 Å². The highest BCUT2D eigenvalue weighted by atomic mass is 28.4. The first kappa shape index (κ1) is 12.0. The number of Topliss-reactive ketones (excluding diaryl/α,β-unsaturated/α-hetero) is 1. The van der Waals surface area contributed by atoms with Gasteiger partial charge in [0.1, 0.15) is 5.78 Å². The molecule has 2 aliphatic rings. The van der Waals surface area contributed by atoms with Crippen molar-refractivity contribution in [3.8, 4) is 0 Å². The molecule has 2 heterocycles. The predicted molar refractivity (Wildman–Crippen MR) is 64.5 cm³/mol. The SMILES string of the molecule is C[C@@H]1C(=O)[C@H](C)[C@@]2(O[Si](C)(C)C)C=C[C@H]1O2. The van der Waals surface area contributed by atoms with E-state index in [0.29, 0.717) is 0 Å². The number of hydrogen-bond acceptors (Lipinski definition) is 3. The van der Waals surface area contributed by atoms with Crippen molar-refractivity contribution in [3.63, 3.8) is 0 Å². The topological polar surface area (TPSA) is 35.5 Å². The van der Waals surface area contributed by atoms with Crippen molar-refractivity contribution in [2.45, 2.75) is 45.4 Å². The van der Waals surface area contributed by atoms with E-state index in [1.54, 1.807) is 0 Å². The van der Waals surface area contributed by atoms with E-state index in [1.807, 2.05) is 26.0 Å². The van der Waals surface area contributed by atoms with Crippen molar-refractivity contribution in [1.29, 1.82) is 0 Å². The summed E-state index contributed by atoms with van der Waals surface area (Å²) >= 11 is 0. The third-order valence-corrected chi connectivity index (χ3v) is 4.21. The van der Waals surface area contributed by atoms with Gasteiger partial charge >= 0.3 is 0 Å². The van der Waals surface area contributed by atoms with E-state index in [9.17, 15) is 4.79 Å². The van der Waals surface area contributed by atoms with E-state index in [4.69, 9.17) is 9.16 Å². The minimum absolute atomic E-state index is 0.0490. The van der Waals surface area contributed by atoms with Crippen molar-refractivity contribution in [1.82, 2.24) is 0 Å². The monoisotopic (exact) mass is 240 g/mol. The average molecular weight is 240 g/mol. The molecule has 0 spiro atoms. The summed E-state index contributed by atoms with van der Waals surface area (Å²) in [5, 5.41) is 0. The van der Waals surface area contributed by atoms with Crippen LogP contribution in [-0.2, 0) is 14.0 Å². The molecule has 0 radical (unpaired) electrons. The normalized spacial score (nSPS) is 42.8. The highest BCUT2D eigenvalue weighted by Gasteiger charge is 2.54. The Morgan fingerprint density at radius 2 is 2.00 bits per heavy atom. The Bertz CT molecular complexity index is 345.